The summed E-state index contributed by atoms with van der Waals surface area (Å²) in [7, 11) is 0. The van der Waals surface area contributed by atoms with Gasteiger partial charge in [0.05, 0.1) is 12.5 Å². The van der Waals surface area contributed by atoms with E-state index in [9.17, 15) is 14.3 Å². The molecule has 1 unspecified atom stereocenters. The van der Waals surface area contributed by atoms with Crippen LogP contribution in [0, 0.1) is 5.82 Å². The molecule has 1 atom stereocenters. The van der Waals surface area contributed by atoms with Gasteiger partial charge < -0.3 is 10.4 Å². The Balaban J connectivity index is 1.63. The minimum Gasteiger partial charge on any atom is -0.388 e. The SMILES string of the molecule is O=C(CC(O)c1cccc(F)c1)NCc1cccc2ccccc12. The molecule has 0 bridgehead atoms. The highest BCUT2D eigenvalue weighted by Gasteiger charge is 2.13. The summed E-state index contributed by atoms with van der Waals surface area (Å²) in [5.74, 6) is -0.706. The zero-order valence-corrected chi connectivity index (χ0v) is 13.1. The molecule has 3 nitrogen and oxygen atoms in total. The van der Waals surface area contributed by atoms with Gasteiger partial charge in [-0.2, -0.15) is 0 Å². The normalized spacial score (nSPS) is 12.1. The van der Waals surface area contributed by atoms with E-state index in [-0.39, 0.29) is 12.3 Å². The van der Waals surface area contributed by atoms with Crippen molar-refractivity contribution in [3.05, 3.63) is 83.7 Å². The van der Waals surface area contributed by atoms with Crippen LogP contribution in [0.1, 0.15) is 23.7 Å². The Morgan fingerprint density at radius 2 is 1.79 bits per heavy atom. The van der Waals surface area contributed by atoms with E-state index in [0.717, 1.165) is 16.3 Å². The van der Waals surface area contributed by atoms with Crippen LogP contribution in [-0.4, -0.2) is 11.0 Å². The maximum absolute atomic E-state index is 13.2. The molecular formula is C20H18FNO2. The number of nitrogens with one attached hydrogen (secondary N) is 1. The predicted octanol–water partition coefficient (Wildman–Crippen LogP) is 3.72. The molecular weight excluding hydrogens is 305 g/mol. The van der Waals surface area contributed by atoms with Gasteiger partial charge >= 0.3 is 0 Å². The first-order chi connectivity index (χ1) is 11.6. The topological polar surface area (TPSA) is 49.3 Å². The summed E-state index contributed by atoms with van der Waals surface area (Å²) in [5.41, 5.74) is 1.41. The van der Waals surface area contributed by atoms with E-state index in [4.69, 9.17) is 0 Å². The van der Waals surface area contributed by atoms with Crippen LogP contribution in [-0.2, 0) is 11.3 Å². The van der Waals surface area contributed by atoms with E-state index >= 15 is 0 Å². The zero-order valence-electron chi connectivity index (χ0n) is 13.1. The molecule has 122 valence electrons. The average molecular weight is 323 g/mol. The van der Waals surface area contributed by atoms with Crippen LogP contribution in [0.4, 0.5) is 4.39 Å². The number of hydrogen-bond acceptors (Lipinski definition) is 2. The minimum atomic E-state index is -1.02. The van der Waals surface area contributed by atoms with Crippen LogP contribution >= 0.6 is 0 Å². The van der Waals surface area contributed by atoms with Crippen molar-refractivity contribution in [2.24, 2.45) is 0 Å². The molecule has 0 aliphatic carbocycles. The Kier molecular flexibility index (Phi) is 4.87. The minimum absolute atomic E-state index is 0.103. The number of hydrogen-bond donors (Lipinski definition) is 2. The molecule has 0 radical (unpaired) electrons. The fourth-order valence-corrected chi connectivity index (χ4v) is 2.72. The fraction of sp³-hybridized carbons (Fsp3) is 0.150. The van der Waals surface area contributed by atoms with E-state index in [1.807, 2.05) is 42.5 Å². The monoisotopic (exact) mass is 323 g/mol. The largest absolute Gasteiger partial charge is 0.388 e. The van der Waals surface area contributed by atoms with E-state index < -0.39 is 11.9 Å². The lowest BCUT2D eigenvalue weighted by Crippen LogP contribution is -2.24. The van der Waals surface area contributed by atoms with Gasteiger partial charge in [-0.1, -0.05) is 54.6 Å². The second-order valence-electron chi connectivity index (χ2n) is 5.69. The number of aliphatic hydroxyl groups is 1. The molecule has 2 N–H and O–H groups in total. The van der Waals surface area contributed by atoms with Crippen molar-refractivity contribution in [3.63, 3.8) is 0 Å². The van der Waals surface area contributed by atoms with E-state index in [1.54, 1.807) is 6.07 Å². The molecule has 0 aromatic heterocycles. The van der Waals surface area contributed by atoms with Gasteiger partial charge in [-0.3, -0.25) is 4.79 Å². The van der Waals surface area contributed by atoms with Crippen molar-refractivity contribution in [3.8, 4) is 0 Å². The van der Waals surface area contributed by atoms with Gasteiger partial charge in [-0.15, -0.1) is 0 Å². The average Bonchev–Trinajstić information content (AvgIpc) is 2.60. The molecule has 3 aromatic rings. The van der Waals surface area contributed by atoms with Crippen molar-refractivity contribution in [1.82, 2.24) is 5.32 Å². The zero-order chi connectivity index (χ0) is 16.9. The molecule has 0 spiro atoms. The van der Waals surface area contributed by atoms with Gasteiger partial charge in [0, 0.05) is 6.54 Å². The second-order valence-corrected chi connectivity index (χ2v) is 5.69. The Bertz CT molecular complexity index is 858. The molecule has 3 rings (SSSR count). The van der Waals surface area contributed by atoms with Crippen molar-refractivity contribution < 1.29 is 14.3 Å². The molecule has 0 heterocycles. The van der Waals surface area contributed by atoms with Gasteiger partial charge in [0.15, 0.2) is 0 Å². The predicted molar refractivity (Wildman–Crippen MR) is 91.8 cm³/mol. The van der Waals surface area contributed by atoms with E-state index in [1.165, 1.54) is 18.2 Å². The Labute approximate surface area is 139 Å². The van der Waals surface area contributed by atoms with Gasteiger partial charge in [-0.25, -0.2) is 4.39 Å². The summed E-state index contributed by atoms with van der Waals surface area (Å²) in [4.78, 5) is 12.1. The summed E-state index contributed by atoms with van der Waals surface area (Å²) in [6.07, 6.45) is -1.12. The molecule has 0 aliphatic rings. The number of fused-ring (bicyclic) bond motifs is 1. The van der Waals surface area contributed by atoms with Crippen molar-refractivity contribution in [2.75, 3.05) is 0 Å². The number of amides is 1. The smallest absolute Gasteiger partial charge is 0.223 e. The molecule has 3 aromatic carbocycles. The third-order valence-electron chi connectivity index (χ3n) is 3.97. The van der Waals surface area contributed by atoms with E-state index in [0.29, 0.717) is 12.1 Å². The number of aliphatic hydroxyl groups excluding tert-OH is 1. The first-order valence-corrected chi connectivity index (χ1v) is 7.80. The maximum atomic E-state index is 13.2. The number of benzene rings is 3. The van der Waals surface area contributed by atoms with Gasteiger partial charge in [0.25, 0.3) is 0 Å². The summed E-state index contributed by atoms with van der Waals surface area (Å²) in [5, 5.41) is 15.1. The third kappa shape index (κ3) is 3.78. The quantitative estimate of drug-likeness (QED) is 0.752. The van der Waals surface area contributed by atoms with Crippen LogP contribution in [0.25, 0.3) is 10.8 Å². The van der Waals surface area contributed by atoms with Crippen molar-refractivity contribution >= 4 is 16.7 Å². The van der Waals surface area contributed by atoms with Crippen LogP contribution < -0.4 is 5.32 Å². The Morgan fingerprint density at radius 1 is 1.04 bits per heavy atom. The summed E-state index contributed by atoms with van der Waals surface area (Å²) < 4.78 is 13.2. The van der Waals surface area contributed by atoms with Gasteiger partial charge in [-0.05, 0) is 34.0 Å². The fourth-order valence-electron chi connectivity index (χ4n) is 2.72. The van der Waals surface area contributed by atoms with Crippen LogP contribution in [0.15, 0.2) is 66.7 Å². The molecule has 1 amide bonds. The maximum Gasteiger partial charge on any atom is 0.223 e. The first kappa shape index (κ1) is 16.1. The van der Waals surface area contributed by atoms with Crippen molar-refractivity contribution in [2.45, 2.75) is 19.1 Å². The standard InChI is InChI=1S/C20H18FNO2/c21-17-9-4-7-15(11-17)19(23)12-20(24)22-13-16-8-3-6-14-5-1-2-10-18(14)16/h1-11,19,23H,12-13H2,(H,22,24). The molecule has 0 saturated carbocycles. The highest BCUT2D eigenvalue weighted by atomic mass is 19.1. The Morgan fingerprint density at radius 3 is 2.62 bits per heavy atom. The summed E-state index contributed by atoms with van der Waals surface area (Å²) in [6, 6.07) is 19.6. The van der Waals surface area contributed by atoms with Crippen molar-refractivity contribution in [1.29, 1.82) is 0 Å². The number of carbonyl (C=O) groups excluding carboxylic acids is 1. The highest BCUT2D eigenvalue weighted by molar-refractivity contribution is 5.86. The number of rotatable bonds is 5. The number of carbonyl (C=O) groups is 1. The van der Waals surface area contributed by atoms with E-state index in [2.05, 4.69) is 5.32 Å². The summed E-state index contributed by atoms with van der Waals surface area (Å²) in [6.45, 7) is 0.385. The van der Waals surface area contributed by atoms with Gasteiger partial charge in [0.1, 0.15) is 5.82 Å². The molecule has 24 heavy (non-hydrogen) atoms. The van der Waals surface area contributed by atoms with Gasteiger partial charge in [0.2, 0.25) is 5.91 Å². The lowest BCUT2D eigenvalue weighted by molar-refractivity contribution is -0.123. The van der Waals surface area contributed by atoms with Crippen LogP contribution in [0.2, 0.25) is 0 Å². The third-order valence-corrected chi connectivity index (χ3v) is 3.97. The molecule has 0 aliphatic heterocycles. The van der Waals surface area contributed by atoms with Crippen LogP contribution in [0.5, 0.6) is 0 Å². The highest BCUT2D eigenvalue weighted by Crippen LogP contribution is 2.19. The first-order valence-electron chi connectivity index (χ1n) is 7.80. The van der Waals surface area contributed by atoms with Crippen LogP contribution in [0.3, 0.4) is 0 Å². The number of halogens is 1. The molecule has 4 heteroatoms. The summed E-state index contributed by atoms with van der Waals surface area (Å²) >= 11 is 0. The Hall–Kier alpha value is -2.72. The second kappa shape index (κ2) is 7.23. The lowest BCUT2D eigenvalue weighted by atomic mass is 10.0. The molecule has 0 saturated heterocycles. The molecule has 0 fully saturated rings. The lowest BCUT2D eigenvalue weighted by Gasteiger charge is -2.12.